The van der Waals surface area contributed by atoms with Crippen LogP contribution >= 0.6 is 0 Å². The summed E-state index contributed by atoms with van der Waals surface area (Å²) < 4.78 is 0. The fourth-order valence-corrected chi connectivity index (χ4v) is 0.628. The van der Waals surface area contributed by atoms with Gasteiger partial charge in [0.25, 0.3) is 0 Å². The summed E-state index contributed by atoms with van der Waals surface area (Å²) in [5.41, 5.74) is 0. The van der Waals surface area contributed by atoms with Crippen LogP contribution in [0.25, 0.3) is 0 Å². The molecule has 0 atom stereocenters. The van der Waals surface area contributed by atoms with Gasteiger partial charge in [-0.15, -0.1) is 6.42 Å². The molecule has 0 aromatic heterocycles. The first kappa shape index (κ1) is 8.31. The van der Waals surface area contributed by atoms with E-state index in [0.717, 1.165) is 19.3 Å². The van der Waals surface area contributed by atoms with E-state index in [1.165, 1.54) is 0 Å². The number of carbonyl (C=O) groups excluding carboxylic acids is 1. The molecule has 0 saturated heterocycles. The van der Waals surface area contributed by atoms with Gasteiger partial charge in [0.2, 0.25) is 0 Å². The van der Waals surface area contributed by atoms with Gasteiger partial charge >= 0.3 is 51.4 Å². The first-order valence-corrected chi connectivity index (χ1v) is 2.23. The van der Waals surface area contributed by atoms with Gasteiger partial charge < -0.3 is 11.2 Å². The van der Waals surface area contributed by atoms with Crippen molar-refractivity contribution in [2.45, 2.75) is 19.3 Å². The standard InChI is InChI=1S/C5H7O.K/c6-5-3-1-2-4-5;/h1H,2-4H2;/q-1;+1. The van der Waals surface area contributed by atoms with E-state index >= 15 is 0 Å². The van der Waals surface area contributed by atoms with Crippen molar-refractivity contribution in [3.8, 4) is 0 Å². The van der Waals surface area contributed by atoms with E-state index < -0.39 is 0 Å². The molecule has 0 aromatic carbocycles. The van der Waals surface area contributed by atoms with Crippen LogP contribution in [0.4, 0.5) is 0 Å². The van der Waals surface area contributed by atoms with E-state index in [4.69, 9.17) is 0 Å². The van der Waals surface area contributed by atoms with Crippen LogP contribution in [0.3, 0.4) is 0 Å². The van der Waals surface area contributed by atoms with Gasteiger partial charge in [0.05, 0.1) is 0 Å². The van der Waals surface area contributed by atoms with E-state index in [1.807, 2.05) is 6.42 Å². The topological polar surface area (TPSA) is 17.1 Å². The first-order valence-electron chi connectivity index (χ1n) is 2.23. The fraction of sp³-hybridized carbons (Fsp3) is 0.600. The molecule has 0 N–H and O–H groups in total. The SMILES string of the molecule is O=C1C[CH-]CC1.[K+]. The Balaban J connectivity index is 0.000000360. The minimum atomic E-state index is 0. The Morgan fingerprint density at radius 1 is 1.57 bits per heavy atom. The Bertz CT molecular complexity index is 62.5. The average Bonchev–Trinajstić information content (AvgIpc) is 1.86. The molecule has 0 radical (unpaired) electrons. The van der Waals surface area contributed by atoms with Crippen molar-refractivity contribution in [3.63, 3.8) is 0 Å². The summed E-state index contributed by atoms with van der Waals surface area (Å²) in [6.07, 6.45) is 4.56. The van der Waals surface area contributed by atoms with Gasteiger partial charge in [-0.25, -0.2) is 0 Å². The second kappa shape index (κ2) is 4.21. The first-order chi connectivity index (χ1) is 2.89. The van der Waals surface area contributed by atoms with Crippen molar-refractivity contribution in [2.75, 3.05) is 0 Å². The van der Waals surface area contributed by atoms with Crippen LogP contribution in [0.5, 0.6) is 0 Å². The minimum Gasteiger partial charge on any atom is -0.321 e. The van der Waals surface area contributed by atoms with Crippen molar-refractivity contribution >= 4 is 5.78 Å². The predicted octanol–water partition coefficient (Wildman–Crippen LogP) is -2.05. The van der Waals surface area contributed by atoms with Crippen LogP contribution in [0.2, 0.25) is 0 Å². The van der Waals surface area contributed by atoms with Crippen molar-refractivity contribution in [3.05, 3.63) is 6.42 Å². The summed E-state index contributed by atoms with van der Waals surface area (Å²) in [4.78, 5) is 10.2. The van der Waals surface area contributed by atoms with E-state index in [1.54, 1.807) is 0 Å². The molecule has 0 unspecified atom stereocenters. The molecule has 0 spiro atoms. The average molecular weight is 122 g/mol. The number of ketones is 1. The Morgan fingerprint density at radius 3 is 2.43 bits per heavy atom. The molecule has 2 heteroatoms. The molecule has 1 aliphatic rings. The molecule has 0 amide bonds. The van der Waals surface area contributed by atoms with E-state index in [-0.39, 0.29) is 51.4 Å². The molecule has 0 aromatic rings. The summed E-state index contributed by atoms with van der Waals surface area (Å²) in [5, 5.41) is 0. The van der Waals surface area contributed by atoms with Gasteiger partial charge in [0, 0.05) is 0 Å². The Kier molecular flexibility index (Phi) is 5.00. The zero-order chi connectivity index (χ0) is 4.41. The van der Waals surface area contributed by atoms with E-state index in [2.05, 4.69) is 0 Å². The second-order valence-electron chi connectivity index (χ2n) is 1.57. The normalized spacial score (nSPS) is 19.1. The third-order valence-electron chi connectivity index (χ3n) is 0.999. The molecule has 1 rings (SSSR count). The number of carbonyl (C=O) groups is 1. The molecule has 7 heavy (non-hydrogen) atoms. The maximum atomic E-state index is 10.2. The predicted molar refractivity (Wildman–Crippen MR) is 23.2 cm³/mol. The smallest absolute Gasteiger partial charge is 0.321 e. The van der Waals surface area contributed by atoms with Crippen molar-refractivity contribution in [1.29, 1.82) is 0 Å². The van der Waals surface area contributed by atoms with Crippen molar-refractivity contribution in [1.82, 2.24) is 0 Å². The van der Waals surface area contributed by atoms with E-state index in [0.29, 0.717) is 5.78 Å². The molecule has 1 fully saturated rings. The summed E-state index contributed by atoms with van der Waals surface area (Å²) in [5.74, 6) is 0.398. The maximum Gasteiger partial charge on any atom is 1.00 e. The molecule has 1 saturated carbocycles. The van der Waals surface area contributed by atoms with Gasteiger partial charge in [-0.2, -0.15) is 6.42 Å². The van der Waals surface area contributed by atoms with Gasteiger partial charge in [0.1, 0.15) is 5.78 Å². The fourth-order valence-electron chi connectivity index (χ4n) is 0.628. The zero-order valence-electron chi connectivity index (χ0n) is 4.61. The Labute approximate surface area is 86.3 Å². The van der Waals surface area contributed by atoms with E-state index in [9.17, 15) is 4.79 Å². The second-order valence-corrected chi connectivity index (χ2v) is 1.57. The number of rotatable bonds is 0. The Hall–Kier alpha value is 1.31. The maximum absolute atomic E-state index is 10.2. The third-order valence-corrected chi connectivity index (χ3v) is 0.999. The molecule has 1 aliphatic carbocycles. The minimum absolute atomic E-state index is 0. The van der Waals surface area contributed by atoms with Crippen LogP contribution in [-0.4, -0.2) is 5.78 Å². The monoisotopic (exact) mass is 122 g/mol. The summed E-state index contributed by atoms with van der Waals surface area (Å²) >= 11 is 0. The molecule has 1 nitrogen and oxygen atoms in total. The van der Waals surface area contributed by atoms with Crippen LogP contribution in [0.15, 0.2) is 0 Å². The Morgan fingerprint density at radius 2 is 2.29 bits per heavy atom. The van der Waals surface area contributed by atoms with Crippen molar-refractivity contribution in [2.24, 2.45) is 0 Å². The van der Waals surface area contributed by atoms with Gasteiger partial charge in [0.15, 0.2) is 0 Å². The summed E-state index contributed by atoms with van der Waals surface area (Å²) in [7, 11) is 0. The summed E-state index contributed by atoms with van der Waals surface area (Å²) in [6.45, 7) is 0. The molecular formula is C5H7KO. The van der Waals surface area contributed by atoms with Crippen LogP contribution in [0.1, 0.15) is 19.3 Å². The van der Waals surface area contributed by atoms with Gasteiger partial charge in [-0.1, -0.05) is 0 Å². The van der Waals surface area contributed by atoms with Crippen LogP contribution < -0.4 is 51.4 Å². The number of hydrogen-bond donors (Lipinski definition) is 0. The summed E-state index contributed by atoms with van der Waals surface area (Å²) in [6, 6.07) is 0. The van der Waals surface area contributed by atoms with Crippen LogP contribution in [-0.2, 0) is 4.79 Å². The zero-order valence-corrected chi connectivity index (χ0v) is 7.73. The molecule has 0 aliphatic heterocycles. The van der Waals surface area contributed by atoms with Gasteiger partial charge in [-0.05, 0) is 6.42 Å². The molecule has 34 valence electrons. The largest absolute Gasteiger partial charge is 1.00 e. The molecule has 0 heterocycles. The number of hydrogen-bond acceptors (Lipinski definition) is 1. The quantitative estimate of drug-likeness (QED) is 0.267. The van der Waals surface area contributed by atoms with Crippen LogP contribution in [0, 0.1) is 6.42 Å². The third kappa shape index (κ3) is 2.98. The van der Waals surface area contributed by atoms with Crippen molar-refractivity contribution < 1.29 is 56.2 Å². The molecular weight excluding hydrogens is 115 g/mol. The number of Topliss-reactive ketones (excluding diaryl/α,β-unsaturated/α-hetero) is 1. The molecule has 0 bridgehead atoms. The van der Waals surface area contributed by atoms with Gasteiger partial charge in [-0.3, -0.25) is 0 Å².